The molecule has 3 rings (SSSR count). The van der Waals surface area contributed by atoms with Gasteiger partial charge in [0.1, 0.15) is 0 Å². The second-order valence-electron chi connectivity index (χ2n) is 6.40. The molecule has 26 heavy (non-hydrogen) atoms. The molecule has 0 unspecified atom stereocenters. The lowest BCUT2D eigenvalue weighted by Crippen LogP contribution is -2.19. The van der Waals surface area contributed by atoms with E-state index in [1.54, 1.807) is 0 Å². The zero-order valence-corrected chi connectivity index (χ0v) is 15.3. The molecule has 0 fully saturated rings. The second-order valence-corrected chi connectivity index (χ2v) is 6.40. The summed E-state index contributed by atoms with van der Waals surface area (Å²) in [4.78, 5) is 12.3. The number of hydrazone groups is 1. The van der Waals surface area contributed by atoms with Crippen molar-refractivity contribution in [2.75, 3.05) is 0 Å². The van der Waals surface area contributed by atoms with Crippen molar-refractivity contribution >= 4 is 11.6 Å². The first kappa shape index (κ1) is 17.6. The predicted molar refractivity (Wildman–Crippen MR) is 107 cm³/mol. The lowest BCUT2D eigenvalue weighted by atomic mass is 10.0. The lowest BCUT2D eigenvalue weighted by Gasteiger charge is -2.07. The van der Waals surface area contributed by atoms with Crippen LogP contribution in [0.25, 0.3) is 11.1 Å². The zero-order valence-electron chi connectivity index (χ0n) is 15.3. The van der Waals surface area contributed by atoms with Gasteiger partial charge in [0.05, 0.1) is 5.71 Å². The number of benzene rings is 3. The minimum absolute atomic E-state index is 0.214. The molecule has 3 heteroatoms. The van der Waals surface area contributed by atoms with Crippen molar-refractivity contribution in [1.82, 2.24) is 5.43 Å². The van der Waals surface area contributed by atoms with Gasteiger partial charge in [-0.05, 0) is 49.6 Å². The third-order valence-corrected chi connectivity index (χ3v) is 4.35. The summed E-state index contributed by atoms with van der Waals surface area (Å²) in [6.45, 7) is 6.01. The van der Waals surface area contributed by atoms with Crippen molar-refractivity contribution < 1.29 is 4.79 Å². The van der Waals surface area contributed by atoms with Crippen LogP contribution < -0.4 is 5.43 Å². The van der Waals surface area contributed by atoms with Crippen molar-refractivity contribution in [3.63, 3.8) is 0 Å². The number of hydrogen-bond donors (Lipinski definition) is 1. The maximum atomic E-state index is 12.3. The largest absolute Gasteiger partial charge is 0.271 e. The number of carbonyl (C=O) groups excluding carboxylic acids is 1. The molecular weight excluding hydrogens is 320 g/mol. The Labute approximate surface area is 154 Å². The van der Waals surface area contributed by atoms with Crippen molar-refractivity contribution in [2.45, 2.75) is 20.8 Å². The first-order valence-electron chi connectivity index (χ1n) is 8.62. The van der Waals surface area contributed by atoms with Crippen LogP contribution in [0.4, 0.5) is 0 Å². The van der Waals surface area contributed by atoms with Gasteiger partial charge in [-0.3, -0.25) is 4.79 Å². The molecule has 0 aliphatic rings. The quantitative estimate of drug-likeness (QED) is 0.518. The molecular formula is C23H22N2O. The number of rotatable bonds is 4. The Kier molecular flexibility index (Phi) is 5.28. The summed E-state index contributed by atoms with van der Waals surface area (Å²) in [6, 6.07) is 23.8. The van der Waals surface area contributed by atoms with Gasteiger partial charge in [-0.1, -0.05) is 66.2 Å². The molecule has 0 saturated heterocycles. The average Bonchev–Trinajstić information content (AvgIpc) is 2.66. The van der Waals surface area contributed by atoms with Crippen molar-refractivity contribution in [3.05, 3.63) is 95.1 Å². The molecule has 0 bridgehead atoms. The summed E-state index contributed by atoms with van der Waals surface area (Å²) in [6.07, 6.45) is 0. The van der Waals surface area contributed by atoms with Gasteiger partial charge in [0, 0.05) is 11.1 Å². The molecule has 0 saturated carbocycles. The Morgan fingerprint density at radius 1 is 0.846 bits per heavy atom. The summed E-state index contributed by atoms with van der Waals surface area (Å²) in [7, 11) is 0. The van der Waals surface area contributed by atoms with E-state index in [4.69, 9.17) is 0 Å². The van der Waals surface area contributed by atoms with Gasteiger partial charge in [0.25, 0.3) is 5.91 Å². The van der Waals surface area contributed by atoms with Crippen LogP contribution in [-0.4, -0.2) is 11.6 Å². The van der Waals surface area contributed by atoms with Gasteiger partial charge in [-0.25, -0.2) is 5.43 Å². The standard InChI is InChI=1S/C23H22N2O/c1-16-9-14-22(17(2)15-16)18(3)24-25-23(26)21-12-10-20(11-13-21)19-7-5-4-6-8-19/h4-15H,1-3H3,(H,25,26)/b24-18+. The van der Waals surface area contributed by atoms with Crippen LogP contribution in [0.1, 0.15) is 34.0 Å². The van der Waals surface area contributed by atoms with Crippen molar-refractivity contribution in [1.29, 1.82) is 0 Å². The molecule has 0 radical (unpaired) electrons. The zero-order chi connectivity index (χ0) is 18.5. The van der Waals surface area contributed by atoms with Gasteiger partial charge in [0.2, 0.25) is 0 Å². The number of amides is 1. The fourth-order valence-electron chi connectivity index (χ4n) is 2.92. The molecule has 1 N–H and O–H groups in total. The highest BCUT2D eigenvalue weighted by atomic mass is 16.2. The molecule has 3 aromatic rings. The van der Waals surface area contributed by atoms with Crippen LogP contribution in [0.2, 0.25) is 0 Å². The molecule has 3 aromatic carbocycles. The van der Waals surface area contributed by atoms with Crippen molar-refractivity contribution in [3.8, 4) is 11.1 Å². The summed E-state index contributed by atoms with van der Waals surface area (Å²) in [5.74, 6) is -0.214. The molecule has 3 nitrogen and oxygen atoms in total. The molecule has 0 aliphatic heterocycles. The normalized spacial score (nSPS) is 11.3. The third kappa shape index (κ3) is 4.06. The molecule has 130 valence electrons. The van der Waals surface area contributed by atoms with Gasteiger partial charge in [-0.15, -0.1) is 0 Å². The van der Waals surface area contributed by atoms with Crippen LogP contribution in [-0.2, 0) is 0 Å². The van der Waals surface area contributed by atoms with E-state index in [0.717, 1.165) is 28.0 Å². The summed E-state index contributed by atoms with van der Waals surface area (Å²) in [5, 5.41) is 4.26. The molecule has 0 heterocycles. The minimum atomic E-state index is -0.214. The molecule has 0 spiro atoms. The Morgan fingerprint density at radius 3 is 2.15 bits per heavy atom. The van der Waals surface area contributed by atoms with Crippen molar-refractivity contribution in [2.24, 2.45) is 5.10 Å². The van der Waals surface area contributed by atoms with E-state index in [-0.39, 0.29) is 5.91 Å². The maximum absolute atomic E-state index is 12.3. The van der Waals surface area contributed by atoms with E-state index in [2.05, 4.69) is 23.5 Å². The molecule has 1 amide bonds. The van der Waals surface area contributed by atoms with E-state index in [1.165, 1.54) is 5.56 Å². The van der Waals surface area contributed by atoms with Gasteiger partial charge in [-0.2, -0.15) is 5.10 Å². The fraction of sp³-hybridized carbons (Fsp3) is 0.130. The molecule has 0 atom stereocenters. The Balaban J connectivity index is 1.71. The first-order valence-corrected chi connectivity index (χ1v) is 8.62. The Hall–Kier alpha value is -3.20. The van der Waals surface area contributed by atoms with Crippen LogP contribution in [0.3, 0.4) is 0 Å². The average molecular weight is 342 g/mol. The number of aryl methyl sites for hydroxylation is 2. The number of nitrogens with one attached hydrogen (secondary N) is 1. The third-order valence-electron chi connectivity index (χ3n) is 4.35. The fourth-order valence-corrected chi connectivity index (χ4v) is 2.92. The topological polar surface area (TPSA) is 41.5 Å². The highest BCUT2D eigenvalue weighted by molar-refractivity contribution is 6.01. The highest BCUT2D eigenvalue weighted by Crippen LogP contribution is 2.19. The molecule has 0 aliphatic carbocycles. The number of hydrogen-bond acceptors (Lipinski definition) is 2. The highest BCUT2D eigenvalue weighted by Gasteiger charge is 2.07. The molecule has 0 aromatic heterocycles. The van der Waals surface area contributed by atoms with Crippen LogP contribution in [0.5, 0.6) is 0 Å². The van der Waals surface area contributed by atoms with E-state index < -0.39 is 0 Å². The smallest absolute Gasteiger partial charge is 0.267 e. The minimum Gasteiger partial charge on any atom is -0.267 e. The maximum Gasteiger partial charge on any atom is 0.271 e. The SMILES string of the molecule is C/C(=N\NC(=O)c1ccc(-c2ccccc2)cc1)c1ccc(C)cc1C. The van der Waals surface area contributed by atoms with Crippen LogP contribution >= 0.6 is 0 Å². The Morgan fingerprint density at radius 2 is 1.50 bits per heavy atom. The summed E-state index contributed by atoms with van der Waals surface area (Å²) >= 11 is 0. The number of nitrogens with zero attached hydrogens (tertiary/aromatic N) is 1. The van der Waals surface area contributed by atoms with Gasteiger partial charge < -0.3 is 0 Å². The van der Waals surface area contributed by atoms with E-state index in [1.807, 2.05) is 80.6 Å². The van der Waals surface area contributed by atoms with Gasteiger partial charge in [0.15, 0.2) is 0 Å². The van der Waals surface area contributed by atoms with E-state index in [9.17, 15) is 4.79 Å². The number of carbonyl (C=O) groups is 1. The Bertz CT molecular complexity index is 942. The lowest BCUT2D eigenvalue weighted by molar-refractivity contribution is 0.0955. The van der Waals surface area contributed by atoms with Crippen LogP contribution in [0.15, 0.2) is 77.9 Å². The summed E-state index contributed by atoms with van der Waals surface area (Å²) in [5.41, 5.74) is 9.62. The van der Waals surface area contributed by atoms with E-state index in [0.29, 0.717) is 5.56 Å². The summed E-state index contributed by atoms with van der Waals surface area (Å²) < 4.78 is 0. The van der Waals surface area contributed by atoms with Gasteiger partial charge >= 0.3 is 0 Å². The first-order chi connectivity index (χ1) is 12.5. The van der Waals surface area contributed by atoms with E-state index >= 15 is 0 Å². The predicted octanol–water partition coefficient (Wildman–Crippen LogP) is 5.12. The monoisotopic (exact) mass is 342 g/mol. The van der Waals surface area contributed by atoms with Crippen LogP contribution in [0, 0.1) is 13.8 Å². The second kappa shape index (κ2) is 7.79.